The third-order valence-corrected chi connectivity index (χ3v) is 7.21. The van der Waals surface area contributed by atoms with Crippen molar-refractivity contribution in [2.75, 3.05) is 43.4 Å². The maximum Gasteiger partial charge on any atom is 0.282 e. The summed E-state index contributed by atoms with van der Waals surface area (Å²) in [4.78, 5) is 35.6. The van der Waals surface area contributed by atoms with Gasteiger partial charge in [0.1, 0.15) is 23.2 Å². The lowest BCUT2D eigenvalue weighted by atomic mass is 10.2. The molecule has 0 atom stereocenters. The van der Waals surface area contributed by atoms with E-state index in [0.29, 0.717) is 22.9 Å². The van der Waals surface area contributed by atoms with Gasteiger partial charge in [-0.2, -0.15) is 9.78 Å². The molecule has 0 aliphatic carbocycles. The molecule has 0 unspecified atom stereocenters. The topological polar surface area (TPSA) is 105 Å². The van der Waals surface area contributed by atoms with E-state index in [4.69, 9.17) is 23.2 Å². The van der Waals surface area contributed by atoms with Gasteiger partial charge in [-0.25, -0.2) is 19.9 Å². The summed E-state index contributed by atoms with van der Waals surface area (Å²) in [7, 11) is 2.14. The van der Waals surface area contributed by atoms with Gasteiger partial charge in [0, 0.05) is 49.9 Å². The highest BCUT2D eigenvalue weighted by Crippen LogP contribution is 2.29. The summed E-state index contributed by atoms with van der Waals surface area (Å²) in [6.07, 6.45) is 4.47. The zero-order valence-electron chi connectivity index (χ0n) is 20.9. The molecule has 1 saturated heterocycles. The van der Waals surface area contributed by atoms with Gasteiger partial charge in [-0.05, 0) is 49.5 Å². The van der Waals surface area contributed by atoms with Crippen molar-refractivity contribution >= 4 is 51.4 Å². The molecule has 4 heterocycles. The van der Waals surface area contributed by atoms with Crippen LogP contribution in [0.3, 0.4) is 0 Å². The molecule has 0 radical (unpaired) electrons. The highest BCUT2D eigenvalue weighted by atomic mass is 35.5. The number of rotatable bonds is 5. The number of hydrogen-bond acceptors (Lipinski definition) is 9. The van der Waals surface area contributed by atoms with Crippen LogP contribution < -0.4 is 15.8 Å². The summed E-state index contributed by atoms with van der Waals surface area (Å²) in [6.45, 7) is 4.07. The molecule has 1 aliphatic rings. The smallest absolute Gasteiger partial charge is 0.282 e. The maximum atomic E-state index is 13.5. The van der Waals surface area contributed by atoms with Crippen LogP contribution >= 0.6 is 23.2 Å². The molecule has 2 aromatic carbocycles. The highest BCUT2D eigenvalue weighted by Gasteiger charge is 2.20. The minimum Gasteiger partial charge on any atom is -0.369 e. The SMILES string of the molecule is CN1CCN(c2ccc(Nc3ncc4c(=O)n(-c5c(Cl)cccc5Cl)nc(-c5ccncn5)c4n3)cc2)CC1. The van der Waals surface area contributed by atoms with Gasteiger partial charge >= 0.3 is 0 Å². The Hall–Kier alpha value is -4.12. The third-order valence-electron chi connectivity index (χ3n) is 6.60. The number of aromatic nitrogens is 6. The van der Waals surface area contributed by atoms with Crippen LogP contribution in [0.1, 0.15) is 0 Å². The molecule has 5 aromatic rings. The zero-order chi connectivity index (χ0) is 26.9. The number of nitrogens with zero attached hydrogens (tertiary/aromatic N) is 8. The fourth-order valence-corrected chi connectivity index (χ4v) is 5.04. The number of piperazine rings is 1. The van der Waals surface area contributed by atoms with Gasteiger partial charge < -0.3 is 15.1 Å². The van der Waals surface area contributed by atoms with Crippen LogP contribution in [0.2, 0.25) is 10.0 Å². The molecule has 0 amide bonds. The molecular weight excluding hydrogens is 537 g/mol. The van der Waals surface area contributed by atoms with Crippen LogP contribution in [0.25, 0.3) is 28.0 Å². The molecule has 0 spiro atoms. The van der Waals surface area contributed by atoms with Crippen LogP contribution in [0, 0.1) is 0 Å². The number of likely N-dealkylation sites (N-methyl/N-ethyl adjacent to an activating group) is 1. The lowest BCUT2D eigenvalue weighted by molar-refractivity contribution is 0.313. The number of nitrogens with one attached hydrogen (secondary N) is 1. The van der Waals surface area contributed by atoms with E-state index in [2.05, 4.69) is 59.3 Å². The summed E-state index contributed by atoms with van der Waals surface area (Å²) in [5.41, 5.74) is 2.98. The fraction of sp³-hybridized carbons (Fsp3) is 0.185. The second kappa shape index (κ2) is 10.6. The van der Waals surface area contributed by atoms with Crippen LogP contribution in [-0.4, -0.2) is 67.8 Å². The van der Waals surface area contributed by atoms with Crippen molar-refractivity contribution in [3.8, 4) is 17.1 Å². The lowest BCUT2D eigenvalue weighted by Crippen LogP contribution is -2.44. The standard InChI is InChI=1S/C27H23Cl2N9O/c1-36-11-13-37(14-12-36)18-7-5-17(6-8-18)33-27-31-15-19-23(34-27)24(22-9-10-30-16-32-22)35-38(26(19)39)25-20(28)3-2-4-21(25)29/h2-10,15-16H,11-14H2,1H3,(H,31,33,34). The number of halogens is 2. The Morgan fingerprint density at radius 1 is 0.923 bits per heavy atom. The van der Waals surface area contributed by atoms with Gasteiger partial charge in [0.15, 0.2) is 0 Å². The van der Waals surface area contributed by atoms with Crippen LogP contribution in [0.4, 0.5) is 17.3 Å². The van der Waals surface area contributed by atoms with Crippen molar-refractivity contribution in [1.29, 1.82) is 0 Å². The molecule has 10 nitrogen and oxygen atoms in total. The predicted octanol–water partition coefficient (Wildman–Crippen LogP) is 4.43. The zero-order valence-corrected chi connectivity index (χ0v) is 22.4. The van der Waals surface area contributed by atoms with E-state index >= 15 is 0 Å². The average molecular weight is 560 g/mol. The Labute approximate surface area is 233 Å². The van der Waals surface area contributed by atoms with Crippen molar-refractivity contribution in [3.05, 3.63) is 87.7 Å². The predicted molar refractivity (Wildman–Crippen MR) is 153 cm³/mol. The maximum absolute atomic E-state index is 13.5. The molecule has 1 aliphatic heterocycles. The molecule has 3 aromatic heterocycles. The summed E-state index contributed by atoms with van der Waals surface area (Å²) in [5.74, 6) is 0.319. The van der Waals surface area contributed by atoms with E-state index in [1.54, 1.807) is 30.5 Å². The Kier molecular flexibility index (Phi) is 6.82. The van der Waals surface area contributed by atoms with E-state index in [9.17, 15) is 4.79 Å². The van der Waals surface area contributed by atoms with Crippen molar-refractivity contribution in [2.24, 2.45) is 0 Å². The largest absolute Gasteiger partial charge is 0.369 e. The lowest BCUT2D eigenvalue weighted by Gasteiger charge is -2.34. The summed E-state index contributed by atoms with van der Waals surface area (Å²) in [6, 6.07) is 14.8. The van der Waals surface area contributed by atoms with Crippen molar-refractivity contribution in [1.82, 2.24) is 34.6 Å². The minimum atomic E-state index is -0.458. The first kappa shape index (κ1) is 25.2. The Morgan fingerprint density at radius 2 is 1.67 bits per heavy atom. The molecule has 0 bridgehead atoms. The van der Waals surface area contributed by atoms with Crippen molar-refractivity contribution < 1.29 is 0 Å². The Bertz CT molecular complexity index is 1680. The number of benzene rings is 2. The summed E-state index contributed by atoms with van der Waals surface area (Å²) < 4.78 is 1.16. The van der Waals surface area contributed by atoms with Crippen molar-refractivity contribution in [2.45, 2.75) is 0 Å². The second-order valence-electron chi connectivity index (χ2n) is 9.15. The van der Waals surface area contributed by atoms with Crippen molar-refractivity contribution in [3.63, 3.8) is 0 Å². The molecule has 6 rings (SSSR count). The Morgan fingerprint density at radius 3 is 2.36 bits per heavy atom. The first-order valence-electron chi connectivity index (χ1n) is 12.3. The molecule has 39 heavy (non-hydrogen) atoms. The monoisotopic (exact) mass is 559 g/mol. The fourth-order valence-electron chi connectivity index (χ4n) is 4.48. The van der Waals surface area contributed by atoms with Gasteiger partial charge in [0.2, 0.25) is 5.95 Å². The number of hydrogen-bond donors (Lipinski definition) is 1. The molecular formula is C27H23Cl2N9O. The van der Waals surface area contributed by atoms with Gasteiger partial charge in [-0.3, -0.25) is 4.79 Å². The molecule has 0 saturated carbocycles. The quantitative estimate of drug-likeness (QED) is 0.334. The van der Waals surface area contributed by atoms with Gasteiger partial charge in [0.05, 0.1) is 21.1 Å². The number of para-hydroxylation sites is 1. The summed E-state index contributed by atoms with van der Waals surface area (Å²) >= 11 is 12.8. The van der Waals surface area contributed by atoms with Gasteiger partial charge in [-0.15, -0.1) is 0 Å². The third kappa shape index (κ3) is 5.01. The number of fused-ring (bicyclic) bond motifs is 1. The molecule has 12 heteroatoms. The molecule has 196 valence electrons. The van der Waals surface area contributed by atoms with E-state index < -0.39 is 5.56 Å². The summed E-state index contributed by atoms with van der Waals surface area (Å²) in [5, 5.41) is 8.64. The van der Waals surface area contributed by atoms with E-state index in [0.717, 1.165) is 36.5 Å². The van der Waals surface area contributed by atoms with Crippen LogP contribution in [0.15, 0.2) is 72.0 Å². The molecule has 1 N–H and O–H groups in total. The van der Waals surface area contributed by atoms with Crippen LogP contribution in [0.5, 0.6) is 0 Å². The first-order chi connectivity index (χ1) is 19.0. The highest BCUT2D eigenvalue weighted by molar-refractivity contribution is 6.37. The van der Waals surface area contributed by atoms with Gasteiger partial charge in [0.25, 0.3) is 5.56 Å². The number of anilines is 3. The van der Waals surface area contributed by atoms with E-state index in [1.165, 1.54) is 18.2 Å². The van der Waals surface area contributed by atoms with E-state index in [-0.39, 0.29) is 21.1 Å². The average Bonchev–Trinajstić information content (AvgIpc) is 2.95. The Balaban J connectivity index is 1.40. The van der Waals surface area contributed by atoms with E-state index in [1.807, 2.05) is 12.1 Å². The first-order valence-corrected chi connectivity index (χ1v) is 13.0. The van der Waals surface area contributed by atoms with Crippen LogP contribution in [-0.2, 0) is 0 Å². The second-order valence-corrected chi connectivity index (χ2v) is 9.96. The van der Waals surface area contributed by atoms with Gasteiger partial charge in [-0.1, -0.05) is 29.3 Å². The minimum absolute atomic E-state index is 0.241. The molecule has 1 fully saturated rings. The normalized spacial score (nSPS) is 14.1.